The van der Waals surface area contributed by atoms with Crippen molar-refractivity contribution in [3.63, 3.8) is 0 Å². The van der Waals surface area contributed by atoms with Crippen LogP contribution < -0.4 is 10.9 Å². The van der Waals surface area contributed by atoms with E-state index in [0.717, 1.165) is 53.5 Å². The normalized spacial score (nSPS) is 13.3. The molecule has 0 unspecified atom stereocenters. The third-order valence-corrected chi connectivity index (χ3v) is 5.52. The highest BCUT2D eigenvalue weighted by Gasteiger charge is 2.15. The topological polar surface area (TPSA) is 83.6 Å². The highest BCUT2D eigenvalue weighted by Crippen LogP contribution is 2.28. The van der Waals surface area contributed by atoms with Gasteiger partial charge in [0.05, 0.1) is 11.2 Å². The Morgan fingerprint density at radius 1 is 1.07 bits per heavy atom. The molecule has 0 saturated heterocycles. The van der Waals surface area contributed by atoms with Crippen molar-refractivity contribution in [2.24, 2.45) is 5.92 Å². The molecule has 0 saturated carbocycles. The number of hydrogen-bond acceptors (Lipinski definition) is 5. The number of aryl methyl sites for hydroxylation is 4. The Labute approximate surface area is 164 Å². The average molecular weight is 377 g/mol. The second-order valence-electron chi connectivity index (χ2n) is 8.16. The van der Waals surface area contributed by atoms with Gasteiger partial charge in [0, 0.05) is 16.6 Å². The van der Waals surface area contributed by atoms with Crippen LogP contribution in [0.5, 0.6) is 0 Å². The van der Waals surface area contributed by atoms with E-state index < -0.39 is 0 Å². The van der Waals surface area contributed by atoms with Gasteiger partial charge in [-0.3, -0.25) is 15.1 Å². The van der Waals surface area contributed by atoms with Crippen LogP contribution in [0.1, 0.15) is 54.8 Å². The van der Waals surface area contributed by atoms with Crippen LogP contribution in [0.2, 0.25) is 0 Å². The molecule has 2 aromatic heterocycles. The SMILES string of the molecule is Cc1nc(Nc2nc(C)c3cc4c(cc3n2)CCC4)[nH]c(=O)c1CCC(C)C. The Morgan fingerprint density at radius 3 is 2.54 bits per heavy atom. The van der Waals surface area contributed by atoms with Gasteiger partial charge in [-0.25, -0.2) is 15.0 Å². The van der Waals surface area contributed by atoms with E-state index in [4.69, 9.17) is 0 Å². The smallest absolute Gasteiger partial charge is 0.255 e. The highest BCUT2D eigenvalue weighted by molar-refractivity contribution is 5.84. The summed E-state index contributed by atoms with van der Waals surface area (Å²) < 4.78 is 0. The van der Waals surface area contributed by atoms with E-state index in [-0.39, 0.29) is 5.56 Å². The standard InChI is InChI=1S/C22H27N5O/c1-12(2)8-9-17-13(3)23-22(26-20(17)28)27-21-24-14(4)18-10-15-6-5-7-16(15)11-19(18)25-21/h10-12H,5-9H2,1-4H3,(H2,23,24,25,26,27,28). The van der Waals surface area contributed by atoms with Gasteiger partial charge in [-0.2, -0.15) is 0 Å². The zero-order valence-electron chi connectivity index (χ0n) is 17.0. The second-order valence-corrected chi connectivity index (χ2v) is 8.16. The molecule has 146 valence electrons. The number of benzene rings is 1. The van der Waals surface area contributed by atoms with Crippen molar-refractivity contribution in [1.29, 1.82) is 0 Å². The predicted octanol–water partition coefficient (Wildman–Crippen LogP) is 4.15. The maximum atomic E-state index is 12.5. The van der Waals surface area contributed by atoms with Gasteiger partial charge in [-0.15, -0.1) is 0 Å². The van der Waals surface area contributed by atoms with E-state index in [9.17, 15) is 4.79 Å². The van der Waals surface area contributed by atoms with Crippen LogP contribution in [-0.4, -0.2) is 19.9 Å². The third-order valence-electron chi connectivity index (χ3n) is 5.52. The van der Waals surface area contributed by atoms with E-state index in [2.05, 4.69) is 51.2 Å². The minimum atomic E-state index is -0.0917. The molecule has 1 aliphatic rings. The van der Waals surface area contributed by atoms with Crippen molar-refractivity contribution in [3.05, 3.63) is 50.6 Å². The number of rotatable bonds is 5. The highest BCUT2D eigenvalue weighted by atomic mass is 16.1. The van der Waals surface area contributed by atoms with Crippen molar-refractivity contribution < 1.29 is 0 Å². The number of hydrogen-bond donors (Lipinski definition) is 2. The number of nitrogens with one attached hydrogen (secondary N) is 2. The number of H-pyrrole nitrogens is 1. The fourth-order valence-corrected chi connectivity index (χ4v) is 3.91. The maximum Gasteiger partial charge on any atom is 0.255 e. The molecule has 0 spiro atoms. The first-order chi connectivity index (χ1) is 13.4. The molecule has 3 aromatic rings. The predicted molar refractivity (Wildman–Crippen MR) is 112 cm³/mol. The van der Waals surface area contributed by atoms with E-state index in [1.54, 1.807) is 0 Å². The average Bonchev–Trinajstić information content (AvgIpc) is 3.06. The van der Waals surface area contributed by atoms with Crippen molar-refractivity contribution >= 4 is 22.8 Å². The molecule has 28 heavy (non-hydrogen) atoms. The van der Waals surface area contributed by atoms with Gasteiger partial charge in [0.25, 0.3) is 5.56 Å². The molecule has 6 nitrogen and oxygen atoms in total. The van der Waals surface area contributed by atoms with Crippen molar-refractivity contribution in [2.45, 2.75) is 59.8 Å². The lowest BCUT2D eigenvalue weighted by Crippen LogP contribution is -2.19. The minimum absolute atomic E-state index is 0.0917. The summed E-state index contributed by atoms with van der Waals surface area (Å²) in [5.74, 6) is 1.39. The van der Waals surface area contributed by atoms with Gasteiger partial charge in [0.15, 0.2) is 0 Å². The first kappa shape index (κ1) is 18.6. The molecule has 6 heteroatoms. The maximum absolute atomic E-state index is 12.5. The van der Waals surface area contributed by atoms with Crippen LogP contribution in [0.15, 0.2) is 16.9 Å². The summed E-state index contributed by atoms with van der Waals surface area (Å²) in [5.41, 5.74) is 6.07. The Bertz CT molecular complexity index is 1100. The van der Waals surface area contributed by atoms with Gasteiger partial charge >= 0.3 is 0 Å². The molecule has 0 amide bonds. The zero-order chi connectivity index (χ0) is 19.8. The monoisotopic (exact) mass is 377 g/mol. The molecular weight excluding hydrogens is 350 g/mol. The molecule has 1 aromatic carbocycles. The van der Waals surface area contributed by atoms with E-state index >= 15 is 0 Å². The van der Waals surface area contributed by atoms with Crippen LogP contribution in [0.25, 0.3) is 10.9 Å². The van der Waals surface area contributed by atoms with Crippen LogP contribution in [0.4, 0.5) is 11.9 Å². The third kappa shape index (κ3) is 3.63. The second kappa shape index (κ2) is 7.34. The lowest BCUT2D eigenvalue weighted by molar-refractivity contribution is 0.582. The number of fused-ring (bicyclic) bond motifs is 2. The molecule has 2 heterocycles. The molecular formula is C22H27N5O. The summed E-state index contributed by atoms with van der Waals surface area (Å²) in [6.07, 6.45) is 5.16. The van der Waals surface area contributed by atoms with Crippen molar-refractivity contribution in [3.8, 4) is 0 Å². The minimum Gasteiger partial charge on any atom is -0.294 e. The first-order valence-electron chi connectivity index (χ1n) is 10.1. The Kier molecular flexibility index (Phi) is 4.87. The van der Waals surface area contributed by atoms with Gasteiger partial charge in [-0.1, -0.05) is 13.8 Å². The molecule has 0 radical (unpaired) electrons. The van der Waals surface area contributed by atoms with Crippen LogP contribution in [-0.2, 0) is 19.3 Å². The Balaban J connectivity index is 1.64. The Hall–Kier alpha value is -2.76. The van der Waals surface area contributed by atoms with Crippen molar-refractivity contribution in [1.82, 2.24) is 19.9 Å². The summed E-state index contributed by atoms with van der Waals surface area (Å²) >= 11 is 0. The molecule has 0 bridgehead atoms. The number of aromatic nitrogens is 4. The summed E-state index contributed by atoms with van der Waals surface area (Å²) in [6, 6.07) is 4.40. The molecule has 1 aliphatic carbocycles. The van der Waals surface area contributed by atoms with Crippen LogP contribution in [0, 0.1) is 19.8 Å². The van der Waals surface area contributed by atoms with Crippen molar-refractivity contribution in [2.75, 3.05) is 5.32 Å². The molecule has 4 rings (SSSR count). The number of nitrogens with zero attached hydrogens (tertiary/aromatic N) is 3. The Morgan fingerprint density at radius 2 is 1.82 bits per heavy atom. The van der Waals surface area contributed by atoms with E-state index in [1.165, 1.54) is 17.5 Å². The lowest BCUT2D eigenvalue weighted by atomic mass is 10.0. The number of anilines is 2. The summed E-state index contributed by atoms with van der Waals surface area (Å²) in [5, 5.41) is 4.18. The fourth-order valence-electron chi connectivity index (χ4n) is 3.91. The van der Waals surface area contributed by atoms with E-state index in [1.807, 2.05) is 13.8 Å². The lowest BCUT2D eigenvalue weighted by Gasteiger charge is -2.11. The summed E-state index contributed by atoms with van der Waals surface area (Å²) in [4.78, 5) is 29.1. The van der Waals surface area contributed by atoms with Gasteiger partial charge in [-0.05, 0) is 75.1 Å². The first-order valence-corrected chi connectivity index (χ1v) is 10.1. The zero-order valence-corrected chi connectivity index (χ0v) is 17.0. The van der Waals surface area contributed by atoms with Gasteiger partial charge in [0.1, 0.15) is 0 Å². The fraction of sp³-hybridized carbons (Fsp3) is 0.455. The summed E-state index contributed by atoms with van der Waals surface area (Å²) in [6.45, 7) is 8.18. The van der Waals surface area contributed by atoms with Crippen LogP contribution >= 0.6 is 0 Å². The largest absolute Gasteiger partial charge is 0.294 e. The number of aromatic amines is 1. The van der Waals surface area contributed by atoms with E-state index in [0.29, 0.717) is 17.8 Å². The molecule has 2 N–H and O–H groups in total. The summed E-state index contributed by atoms with van der Waals surface area (Å²) in [7, 11) is 0. The molecule has 0 atom stereocenters. The van der Waals surface area contributed by atoms with Gasteiger partial charge in [0.2, 0.25) is 11.9 Å². The quantitative estimate of drug-likeness (QED) is 0.698. The van der Waals surface area contributed by atoms with Crippen LogP contribution in [0.3, 0.4) is 0 Å². The van der Waals surface area contributed by atoms with Gasteiger partial charge < -0.3 is 0 Å². The molecule has 0 aliphatic heterocycles. The molecule has 0 fully saturated rings.